The molecule has 0 aliphatic rings. The van der Waals surface area contributed by atoms with Crippen LogP contribution in [-0.2, 0) is 4.74 Å². The molecule has 7 nitrogen and oxygen atoms in total. The molecule has 2 N–H and O–H groups in total. The van der Waals surface area contributed by atoms with E-state index in [0.29, 0.717) is 29.0 Å². The smallest absolute Gasteiger partial charge is 0.177 e. The van der Waals surface area contributed by atoms with E-state index in [0.717, 1.165) is 21.5 Å². The lowest BCUT2D eigenvalue weighted by Gasteiger charge is -2.14. The van der Waals surface area contributed by atoms with E-state index in [4.69, 9.17) is 10.5 Å². The first-order valence-electron chi connectivity index (χ1n) is 9.49. The number of fused-ring (bicyclic) bond motifs is 5. The summed E-state index contributed by atoms with van der Waals surface area (Å²) in [5.41, 5.74) is 8.24. The standard InChI is InChI=1S/C23H18N6O/c1-3-30-13(2)12-27-22-20(26)19-15-7-5-4-6-14(15)8-9-16(19)21-23(22)29-18(11-25)17(10-24)28-21/h4-9,12-13H,3,26H2,1-2H3. The number of nitrogens with zero attached hydrogens (tertiary/aromatic N) is 5. The lowest BCUT2D eigenvalue weighted by Crippen LogP contribution is -2.09. The Morgan fingerprint density at radius 3 is 2.47 bits per heavy atom. The first kappa shape index (κ1) is 19.3. The fourth-order valence-corrected chi connectivity index (χ4v) is 3.57. The van der Waals surface area contributed by atoms with Crippen LogP contribution in [0.2, 0.25) is 0 Å². The van der Waals surface area contributed by atoms with Crippen molar-refractivity contribution in [1.29, 1.82) is 10.5 Å². The summed E-state index contributed by atoms with van der Waals surface area (Å²) in [6.07, 6.45) is 1.42. The molecule has 0 saturated carbocycles. The average molecular weight is 394 g/mol. The van der Waals surface area contributed by atoms with Crippen LogP contribution in [0.4, 0.5) is 11.4 Å². The molecule has 146 valence electrons. The van der Waals surface area contributed by atoms with Gasteiger partial charge in [0.2, 0.25) is 0 Å². The number of aliphatic imine (C=N–C) groups is 1. The Labute approximate surface area is 173 Å². The van der Waals surface area contributed by atoms with Crippen LogP contribution < -0.4 is 5.73 Å². The second-order valence-corrected chi connectivity index (χ2v) is 6.75. The highest BCUT2D eigenvalue weighted by atomic mass is 16.5. The average Bonchev–Trinajstić information content (AvgIpc) is 2.77. The zero-order valence-corrected chi connectivity index (χ0v) is 16.5. The quantitative estimate of drug-likeness (QED) is 0.311. The lowest BCUT2D eigenvalue weighted by molar-refractivity contribution is 0.125. The van der Waals surface area contributed by atoms with Gasteiger partial charge in [-0.1, -0.05) is 36.4 Å². The van der Waals surface area contributed by atoms with Crippen molar-refractivity contribution in [2.24, 2.45) is 4.99 Å². The molecule has 0 bridgehead atoms. The van der Waals surface area contributed by atoms with E-state index in [-0.39, 0.29) is 17.5 Å². The number of rotatable bonds is 4. The minimum Gasteiger partial charge on any atom is -0.396 e. The largest absolute Gasteiger partial charge is 0.396 e. The Hall–Kier alpha value is -4.07. The van der Waals surface area contributed by atoms with Crippen molar-refractivity contribution in [3.8, 4) is 12.1 Å². The molecule has 0 saturated heterocycles. The van der Waals surface area contributed by atoms with E-state index in [1.54, 1.807) is 6.21 Å². The second kappa shape index (κ2) is 7.75. The number of nitrogens with two attached hydrogens (primary N) is 1. The van der Waals surface area contributed by atoms with Gasteiger partial charge in [0.15, 0.2) is 11.4 Å². The molecular formula is C23H18N6O. The van der Waals surface area contributed by atoms with Crippen LogP contribution in [0, 0.1) is 22.7 Å². The molecule has 0 radical (unpaired) electrons. The normalized spacial score (nSPS) is 12.4. The zero-order chi connectivity index (χ0) is 21.3. The zero-order valence-electron chi connectivity index (χ0n) is 16.5. The SMILES string of the molecule is CCOC(C)C=Nc1c(N)c2c3ccccc3ccc2c2nc(C#N)c(C#N)nc12. The molecule has 1 unspecified atom stereocenters. The number of ether oxygens (including phenoxy) is 1. The minimum absolute atomic E-state index is 0.0261. The number of anilines is 1. The second-order valence-electron chi connectivity index (χ2n) is 6.75. The van der Waals surface area contributed by atoms with E-state index in [2.05, 4.69) is 15.0 Å². The number of nitrogen functional groups attached to an aromatic ring is 1. The van der Waals surface area contributed by atoms with E-state index in [1.165, 1.54) is 0 Å². The number of nitriles is 2. The third-order valence-electron chi connectivity index (χ3n) is 4.88. The molecule has 0 fully saturated rings. The van der Waals surface area contributed by atoms with Crippen molar-refractivity contribution in [2.45, 2.75) is 20.0 Å². The molecule has 1 atom stereocenters. The van der Waals surface area contributed by atoms with Gasteiger partial charge >= 0.3 is 0 Å². The summed E-state index contributed by atoms with van der Waals surface area (Å²) in [6, 6.07) is 15.7. The molecule has 7 heteroatoms. The van der Waals surface area contributed by atoms with Gasteiger partial charge in [-0.15, -0.1) is 0 Å². The van der Waals surface area contributed by atoms with Crippen molar-refractivity contribution >= 4 is 50.2 Å². The molecule has 0 amide bonds. The highest BCUT2D eigenvalue weighted by molar-refractivity contribution is 6.24. The van der Waals surface area contributed by atoms with Gasteiger partial charge in [-0.2, -0.15) is 10.5 Å². The van der Waals surface area contributed by atoms with E-state index in [9.17, 15) is 10.5 Å². The fourth-order valence-electron chi connectivity index (χ4n) is 3.57. The predicted octanol–water partition coefficient (Wildman–Crippen LogP) is 4.39. The van der Waals surface area contributed by atoms with Crippen LogP contribution in [0.15, 0.2) is 41.4 Å². The van der Waals surface area contributed by atoms with Crippen molar-refractivity contribution in [2.75, 3.05) is 12.3 Å². The van der Waals surface area contributed by atoms with Crippen LogP contribution in [0.25, 0.3) is 32.6 Å². The minimum atomic E-state index is -0.227. The third-order valence-corrected chi connectivity index (χ3v) is 4.88. The highest BCUT2D eigenvalue weighted by Gasteiger charge is 2.19. The molecule has 0 aliphatic carbocycles. The van der Waals surface area contributed by atoms with E-state index < -0.39 is 0 Å². The fraction of sp³-hybridized carbons (Fsp3) is 0.174. The maximum atomic E-state index is 9.44. The Balaban J connectivity index is 2.18. The lowest BCUT2D eigenvalue weighted by atomic mass is 9.98. The van der Waals surface area contributed by atoms with Crippen LogP contribution >= 0.6 is 0 Å². The summed E-state index contributed by atoms with van der Waals surface area (Å²) in [5.74, 6) is 0. The molecule has 30 heavy (non-hydrogen) atoms. The summed E-state index contributed by atoms with van der Waals surface area (Å²) in [6.45, 7) is 4.34. The molecule has 1 heterocycles. The molecule has 4 rings (SSSR count). The maximum Gasteiger partial charge on any atom is 0.177 e. The Morgan fingerprint density at radius 1 is 1.07 bits per heavy atom. The van der Waals surface area contributed by atoms with Gasteiger partial charge in [0.05, 0.1) is 11.8 Å². The Kier molecular flexibility index (Phi) is 4.97. The number of benzene rings is 3. The molecular weight excluding hydrogens is 376 g/mol. The van der Waals surface area contributed by atoms with Crippen molar-refractivity contribution in [1.82, 2.24) is 9.97 Å². The van der Waals surface area contributed by atoms with E-state index in [1.807, 2.05) is 62.4 Å². The van der Waals surface area contributed by atoms with Gasteiger partial charge in [-0.3, -0.25) is 4.99 Å². The topological polar surface area (TPSA) is 121 Å². The molecule has 0 aliphatic heterocycles. The predicted molar refractivity (Wildman–Crippen MR) is 118 cm³/mol. The van der Waals surface area contributed by atoms with Crippen LogP contribution in [0.5, 0.6) is 0 Å². The van der Waals surface area contributed by atoms with Crippen molar-refractivity contribution in [3.05, 3.63) is 47.8 Å². The highest BCUT2D eigenvalue weighted by Crippen LogP contribution is 2.42. The first-order chi connectivity index (χ1) is 14.6. The van der Waals surface area contributed by atoms with Gasteiger partial charge in [-0.25, -0.2) is 9.97 Å². The van der Waals surface area contributed by atoms with Crippen LogP contribution in [0.1, 0.15) is 25.2 Å². The molecule has 4 aromatic rings. The van der Waals surface area contributed by atoms with Gasteiger partial charge < -0.3 is 10.5 Å². The number of aromatic nitrogens is 2. The summed E-state index contributed by atoms with van der Waals surface area (Å²) in [4.78, 5) is 13.4. The molecule has 1 aromatic heterocycles. The van der Waals surface area contributed by atoms with Gasteiger partial charge in [-0.05, 0) is 24.6 Å². The van der Waals surface area contributed by atoms with Gasteiger partial charge in [0, 0.05) is 23.6 Å². The van der Waals surface area contributed by atoms with Crippen LogP contribution in [0.3, 0.4) is 0 Å². The molecule has 0 spiro atoms. The third kappa shape index (κ3) is 3.08. The summed E-state index contributed by atoms with van der Waals surface area (Å²) < 4.78 is 5.53. The van der Waals surface area contributed by atoms with Crippen molar-refractivity contribution in [3.63, 3.8) is 0 Å². The van der Waals surface area contributed by atoms with Gasteiger partial charge in [0.25, 0.3) is 0 Å². The first-order valence-corrected chi connectivity index (χ1v) is 9.49. The summed E-state index contributed by atoms with van der Waals surface area (Å²) in [5, 5.41) is 22.4. The monoisotopic (exact) mass is 394 g/mol. The summed E-state index contributed by atoms with van der Waals surface area (Å²) in [7, 11) is 0. The Morgan fingerprint density at radius 2 is 1.77 bits per heavy atom. The van der Waals surface area contributed by atoms with Gasteiger partial charge in [0.1, 0.15) is 28.9 Å². The number of hydrogen-bond donors (Lipinski definition) is 1. The summed E-state index contributed by atoms with van der Waals surface area (Å²) >= 11 is 0. The van der Waals surface area contributed by atoms with E-state index >= 15 is 0 Å². The number of hydrogen-bond acceptors (Lipinski definition) is 7. The Bertz CT molecular complexity index is 1410. The maximum absolute atomic E-state index is 9.44. The van der Waals surface area contributed by atoms with Crippen molar-refractivity contribution < 1.29 is 4.74 Å². The molecule has 3 aromatic carbocycles. The van der Waals surface area contributed by atoms with Crippen LogP contribution in [-0.4, -0.2) is 28.9 Å².